The highest BCUT2D eigenvalue weighted by Gasteiger charge is 2.14. The van der Waals surface area contributed by atoms with E-state index in [0.29, 0.717) is 14.5 Å². The quantitative estimate of drug-likeness (QED) is 0.511. The molecule has 2 aromatic rings. The molecule has 0 aliphatic rings. The number of phenolic OH excluding ortho intramolecular Hbond substituents is 1. The van der Waals surface area contributed by atoms with E-state index < -0.39 is 5.91 Å². The molecule has 9 heteroatoms. The normalized spacial score (nSPS) is 10.9. The molecular formula is C13H12Br2N4O3. The fourth-order valence-corrected chi connectivity index (χ4v) is 2.44. The van der Waals surface area contributed by atoms with E-state index in [-0.39, 0.29) is 17.2 Å². The van der Waals surface area contributed by atoms with Crippen molar-refractivity contribution in [1.29, 1.82) is 0 Å². The lowest BCUT2D eigenvalue weighted by Crippen LogP contribution is -2.18. The number of methoxy groups -OCH3 is 1. The molecule has 116 valence electrons. The first-order valence-electron chi connectivity index (χ1n) is 6.04. The van der Waals surface area contributed by atoms with Gasteiger partial charge in [0.05, 0.1) is 17.8 Å². The van der Waals surface area contributed by atoms with Gasteiger partial charge < -0.3 is 9.84 Å². The van der Waals surface area contributed by atoms with Crippen molar-refractivity contribution in [3.63, 3.8) is 0 Å². The molecule has 0 bridgehead atoms. The van der Waals surface area contributed by atoms with Gasteiger partial charge in [-0.1, -0.05) is 0 Å². The first-order chi connectivity index (χ1) is 10.4. The van der Waals surface area contributed by atoms with E-state index in [1.807, 2.05) is 0 Å². The number of nitrogens with zero attached hydrogens (tertiary/aromatic N) is 2. The number of aromatic amines is 1. The lowest BCUT2D eigenvalue weighted by Gasteiger charge is -2.09. The minimum Gasteiger partial charge on any atom is -0.503 e. The first kappa shape index (κ1) is 16.5. The highest BCUT2D eigenvalue weighted by atomic mass is 79.9. The number of aryl methyl sites for hydroxylation is 1. The van der Waals surface area contributed by atoms with Crippen molar-refractivity contribution in [1.82, 2.24) is 15.6 Å². The summed E-state index contributed by atoms with van der Waals surface area (Å²) in [5.41, 5.74) is 4.01. The summed E-state index contributed by atoms with van der Waals surface area (Å²) in [5, 5.41) is 20.2. The molecule has 1 heterocycles. The number of aromatic hydroxyl groups is 1. The summed E-state index contributed by atoms with van der Waals surface area (Å²) in [6.45, 7) is 1.80. The van der Waals surface area contributed by atoms with Crippen molar-refractivity contribution < 1.29 is 14.6 Å². The fraction of sp³-hybridized carbons (Fsp3) is 0.154. The number of phenols is 1. The number of hydrazone groups is 1. The van der Waals surface area contributed by atoms with Crippen LogP contribution in [0.5, 0.6) is 11.5 Å². The lowest BCUT2D eigenvalue weighted by atomic mass is 10.2. The fourth-order valence-electron chi connectivity index (χ4n) is 1.61. The largest absolute Gasteiger partial charge is 0.503 e. The number of rotatable bonds is 4. The van der Waals surface area contributed by atoms with Gasteiger partial charge in [0.2, 0.25) is 0 Å². The van der Waals surface area contributed by atoms with Crippen molar-refractivity contribution in [2.24, 2.45) is 5.10 Å². The molecule has 3 N–H and O–H groups in total. The topological polar surface area (TPSA) is 99.6 Å². The van der Waals surface area contributed by atoms with Crippen LogP contribution in [-0.4, -0.2) is 34.5 Å². The number of hydrogen-bond acceptors (Lipinski definition) is 5. The van der Waals surface area contributed by atoms with Crippen molar-refractivity contribution in [3.8, 4) is 11.5 Å². The Bertz CT molecular complexity index is 743. The zero-order valence-corrected chi connectivity index (χ0v) is 14.8. The first-order valence-corrected chi connectivity index (χ1v) is 7.63. The Morgan fingerprint density at radius 1 is 1.45 bits per heavy atom. The summed E-state index contributed by atoms with van der Waals surface area (Å²) in [6.07, 6.45) is 1.42. The molecule has 2 rings (SSSR count). The van der Waals surface area contributed by atoms with Crippen LogP contribution < -0.4 is 10.2 Å². The molecule has 0 atom stereocenters. The Morgan fingerprint density at radius 2 is 2.18 bits per heavy atom. The molecule has 7 nitrogen and oxygen atoms in total. The molecular weight excluding hydrogens is 420 g/mol. The number of carbonyl (C=O) groups is 1. The van der Waals surface area contributed by atoms with Crippen LogP contribution in [0.2, 0.25) is 0 Å². The third-order valence-electron chi connectivity index (χ3n) is 2.70. The van der Waals surface area contributed by atoms with Crippen LogP contribution in [-0.2, 0) is 0 Å². The average molecular weight is 432 g/mol. The van der Waals surface area contributed by atoms with E-state index in [9.17, 15) is 9.90 Å². The van der Waals surface area contributed by atoms with Crippen LogP contribution in [0.4, 0.5) is 0 Å². The Labute approximate surface area is 143 Å². The molecule has 1 aromatic carbocycles. The second-order valence-corrected chi connectivity index (χ2v) is 5.87. The predicted molar refractivity (Wildman–Crippen MR) is 88.4 cm³/mol. The number of carbonyl (C=O) groups excluding carboxylic acids is 1. The summed E-state index contributed by atoms with van der Waals surface area (Å²) in [4.78, 5) is 11.8. The van der Waals surface area contributed by atoms with Crippen LogP contribution >= 0.6 is 31.9 Å². The number of halogens is 2. The van der Waals surface area contributed by atoms with Crippen LogP contribution in [0, 0.1) is 6.92 Å². The third kappa shape index (κ3) is 3.47. The highest BCUT2D eigenvalue weighted by molar-refractivity contribution is 9.13. The van der Waals surface area contributed by atoms with Crippen LogP contribution in [0.3, 0.4) is 0 Å². The van der Waals surface area contributed by atoms with Gasteiger partial charge in [-0.15, -0.1) is 0 Å². The minimum atomic E-state index is -0.429. The Hall–Kier alpha value is -1.87. The van der Waals surface area contributed by atoms with Crippen LogP contribution in [0.25, 0.3) is 0 Å². The standard InChI is InChI=1S/C13H12Br2N4O3/c1-6-3-8(18-17-6)13(21)19-16-5-7-4-9(22-2)12(20)11(15)10(7)14/h3-5,20H,1-2H3,(H,17,18)(H,19,21)/b16-5-. The molecule has 0 radical (unpaired) electrons. The summed E-state index contributed by atoms with van der Waals surface area (Å²) in [7, 11) is 1.44. The number of nitrogens with one attached hydrogen (secondary N) is 2. The number of ether oxygens (including phenoxy) is 1. The molecule has 0 fully saturated rings. The number of amides is 1. The maximum Gasteiger partial charge on any atom is 0.291 e. The zero-order chi connectivity index (χ0) is 16.3. The SMILES string of the molecule is COc1cc(/C=N\NC(=O)c2cc(C)[nH]n2)c(Br)c(Br)c1O. The maximum absolute atomic E-state index is 11.8. The van der Waals surface area contributed by atoms with E-state index in [0.717, 1.165) is 5.69 Å². The van der Waals surface area contributed by atoms with E-state index in [4.69, 9.17) is 4.74 Å². The zero-order valence-electron chi connectivity index (χ0n) is 11.6. The van der Waals surface area contributed by atoms with Gasteiger partial charge in [0, 0.05) is 15.7 Å². The molecule has 0 aliphatic carbocycles. The van der Waals surface area contributed by atoms with E-state index in [1.165, 1.54) is 13.3 Å². The number of benzene rings is 1. The van der Waals surface area contributed by atoms with Crippen LogP contribution in [0.1, 0.15) is 21.7 Å². The predicted octanol–water partition coefficient (Wildman–Crippen LogP) is 2.72. The summed E-state index contributed by atoms with van der Waals surface area (Å²) < 4.78 is 6.07. The smallest absolute Gasteiger partial charge is 0.291 e. The second-order valence-electron chi connectivity index (χ2n) is 4.28. The molecule has 0 saturated heterocycles. The van der Waals surface area contributed by atoms with Gasteiger partial charge >= 0.3 is 0 Å². The second kappa shape index (κ2) is 6.93. The van der Waals surface area contributed by atoms with E-state index >= 15 is 0 Å². The average Bonchev–Trinajstić information content (AvgIpc) is 2.93. The molecule has 0 aliphatic heterocycles. The van der Waals surface area contributed by atoms with E-state index in [2.05, 4.69) is 52.6 Å². The molecule has 1 amide bonds. The molecule has 0 saturated carbocycles. The van der Waals surface area contributed by atoms with Gasteiger partial charge in [-0.3, -0.25) is 9.89 Å². The summed E-state index contributed by atoms with van der Waals surface area (Å²) >= 11 is 6.57. The van der Waals surface area contributed by atoms with E-state index in [1.54, 1.807) is 19.1 Å². The summed E-state index contributed by atoms with van der Waals surface area (Å²) in [5.74, 6) is -0.171. The molecule has 0 unspecified atom stereocenters. The Balaban J connectivity index is 2.17. The lowest BCUT2D eigenvalue weighted by molar-refractivity contribution is 0.0950. The molecule has 22 heavy (non-hydrogen) atoms. The van der Waals surface area contributed by atoms with Gasteiger partial charge in [0.25, 0.3) is 5.91 Å². The minimum absolute atomic E-state index is 0.0254. The van der Waals surface area contributed by atoms with Gasteiger partial charge in [-0.05, 0) is 50.9 Å². The van der Waals surface area contributed by atoms with Crippen molar-refractivity contribution >= 4 is 44.0 Å². The summed E-state index contributed by atoms with van der Waals surface area (Å²) in [6, 6.07) is 3.19. The molecule has 0 spiro atoms. The Morgan fingerprint density at radius 3 is 2.77 bits per heavy atom. The van der Waals surface area contributed by atoms with Gasteiger partial charge in [0.15, 0.2) is 17.2 Å². The maximum atomic E-state index is 11.8. The third-order valence-corrected chi connectivity index (χ3v) is 4.86. The van der Waals surface area contributed by atoms with Gasteiger partial charge in [-0.2, -0.15) is 10.2 Å². The number of aromatic nitrogens is 2. The number of H-pyrrole nitrogens is 1. The van der Waals surface area contributed by atoms with Crippen molar-refractivity contribution in [3.05, 3.63) is 38.0 Å². The highest BCUT2D eigenvalue weighted by Crippen LogP contribution is 2.41. The van der Waals surface area contributed by atoms with Gasteiger partial charge in [0.1, 0.15) is 0 Å². The number of hydrogen-bond donors (Lipinski definition) is 3. The van der Waals surface area contributed by atoms with Crippen molar-refractivity contribution in [2.75, 3.05) is 7.11 Å². The molecule has 1 aromatic heterocycles. The monoisotopic (exact) mass is 430 g/mol. The van der Waals surface area contributed by atoms with Crippen LogP contribution in [0.15, 0.2) is 26.2 Å². The van der Waals surface area contributed by atoms with Gasteiger partial charge in [-0.25, -0.2) is 5.43 Å². The van der Waals surface area contributed by atoms with Crippen molar-refractivity contribution in [2.45, 2.75) is 6.92 Å². The Kier molecular flexibility index (Phi) is 5.19.